The Bertz CT molecular complexity index is 1070. The van der Waals surface area contributed by atoms with Gasteiger partial charge in [-0.05, 0) is 24.6 Å². The molecule has 8 heteroatoms. The van der Waals surface area contributed by atoms with Crippen LogP contribution in [0.25, 0.3) is 11.3 Å². The number of benzene rings is 2. The number of aromatic nitrogens is 2. The third-order valence-electron chi connectivity index (χ3n) is 4.54. The number of hydrogen-bond donors (Lipinski definition) is 0. The standard InChI is InChI=1S/C22H22ClN3O4/c1-14-19(15-9-11-17(23)12-10-15)24-26(2)21(14)30-13-16-7-5-6-8-18(16)20(25-29-4)22(27)28-3/h5-12H,13H2,1-4H3/b25-20+. The molecule has 30 heavy (non-hydrogen) atoms. The minimum absolute atomic E-state index is 0.0720. The molecule has 0 aliphatic rings. The van der Waals surface area contributed by atoms with Gasteiger partial charge in [-0.1, -0.05) is 53.2 Å². The zero-order valence-electron chi connectivity index (χ0n) is 17.2. The average Bonchev–Trinajstić information content (AvgIpc) is 3.04. The first-order chi connectivity index (χ1) is 14.5. The zero-order valence-corrected chi connectivity index (χ0v) is 17.9. The van der Waals surface area contributed by atoms with Crippen LogP contribution in [0.1, 0.15) is 16.7 Å². The fourth-order valence-corrected chi connectivity index (χ4v) is 3.23. The van der Waals surface area contributed by atoms with Crippen LogP contribution in [0, 0.1) is 6.92 Å². The van der Waals surface area contributed by atoms with Crippen molar-refractivity contribution in [2.75, 3.05) is 14.2 Å². The minimum Gasteiger partial charge on any atom is -0.473 e. The van der Waals surface area contributed by atoms with Crippen molar-refractivity contribution in [2.45, 2.75) is 13.5 Å². The Morgan fingerprint density at radius 1 is 1.13 bits per heavy atom. The second kappa shape index (κ2) is 9.45. The molecule has 0 aliphatic carbocycles. The third kappa shape index (κ3) is 4.46. The van der Waals surface area contributed by atoms with Gasteiger partial charge in [-0.25, -0.2) is 9.48 Å². The number of hydrogen-bond acceptors (Lipinski definition) is 6. The smallest absolute Gasteiger partial charge is 0.360 e. The molecule has 0 spiro atoms. The SMILES string of the molecule is CO/N=C(/C(=O)OC)c1ccccc1COc1c(C)c(-c2ccc(Cl)cc2)nn1C. The van der Waals surface area contributed by atoms with E-state index in [4.69, 9.17) is 25.9 Å². The lowest BCUT2D eigenvalue weighted by molar-refractivity contribution is -0.132. The maximum absolute atomic E-state index is 12.1. The predicted octanol–water partition coefficient (Wildman–Crippen LogP) is 4.15. The van der Waals surface area contributed by atoms with Crippen molar-refractivity contribution < 1.29 is 19.1 Å². The molecule has 0 N–H and O–H groups in total. The summed E-state index contributed by atoms with van der Waals surface area (Å²) in [6.07, 6.45) is 0. The van der Waals surface area contributed by atoms with E-state index in [9.17, 15) is 4.79 Å². The van der Waals surface area contributed by atoms with E-state index in [1.54, 1.807) is 16.8 Å². The van der Waals surface area contributed by atoms with Crippen LogP contribution < -0.4 is 4.74 Å². The highest BCUT2D eigenvalue weighted by molar-refractivity contribution is 6.43. The van der Waals surface area contributed by atoms with E-state index in [0.29, 0.717) is 16.5 Å². The van der Waals surface area contributed by atoms with Gasteiger partial charge in [-0.3, -0.25) is 0 Å². The molecule has 0 unspecified atom stereocenters. The van der Waals surface area contributed by atoms with Crippen LogP contribution in [0.4, 0.5) is 0 Å². The molecule has 3 aromatic rings. The van der Waals surface area contributed by atoms with Crippen molar-refractivity contribution in [3.05, 3.63) is 70.2 Å². The highest BCUT2D eigenvalue weighted by Crippen LogP contribution is 2.30. The number of rotatable bonds is 7. The minimum atomic E-state index is -0.592. The van der Waals surface area contributed by atoms with E-state index in [1.165, 1.54) is 14.2 Å². The number of carbonyl (C=O) groups excluding carboxylic acids is 1. The quantitative estimate of drug-likeness (QED) is 0.321. The van der Waals surface area contributed by atoms with Crippen molar-refractivity contribution in [3.8, 4) is 17.1 Å². The van der Waals surface area contributed by atoms with E-state index < -0.39 is 5.97 Å². The molecule has 2 aromatic carbocycles. The highest BCUT2D eigenvalue weighted by Gasteiger charge is 2.20. The fourth-order valence-electron chi connectivity index (χ4n) is 3.11. The van der Waals surface area contributed by atoms with Crippen LogP contribution in [-0.4, -0.2) is 35.7 Å². The summed E-state index contributed by atoms with van der Waals surface area (Å²) in [6, 6.07) is 14.8. The van der Waals surface area contributed by atoms with Crippen molar-refractivity contribution in [2.24, 2.45) is 12.2 Å². The Hall–Kier alpha value is -3.32. The number of methoxy groups -OCH3 is 1. The van der Waals surface area contributed by atoms with Crippen LogP contribution in [0.15, 0.2) is 53.7 Å². The Balaban J connectivity index is 1.89. The van der Waals surface area contributed by atoms with Crippen molar-refractivity contribution in [1.82, 2.24) is 9.78 Å². The summed E-state index contributed by atoms with van der Waals surface area (Å²) < 4.78 is 12.6. The number of carbonyl (C=O) groups is 1. The van der Waals surface area contributed by atoms with Gasteiger partial charge in [0.15, 0.2) is 5.71 Å². The largest absolute Gasteiger partial charge is 0.473 e. The lowest BCUT2D eigenvalue weighted by atomic mass is 10.0. The Morgan fingerprint density at radius 2 is 1.83 bits per heavy atom. The maximum Gasteiger partial charge on any atom is 0.360 e. The topological polar surface area (TPSA) is 74.9 Å². The van der Waals surface area contributed by atoms with Gasteiger partial charge in [-0.2, -0.15) is 5.10 Å². The van der Waals surface area contributed by atoms with Gasteiger partial charge >= 0.3 is 5.97 Å². The summed E-state index contributed by atoms with van der Waals surface area (Å²) in [5.74, 6) is 0.0316. The summed E-state index contributed by atoms with van der Waals surface area (Å²) in [5.41, 5.74) is 4.06. The molecule has 0 saturated carbocycles. The molecule has 1 heterocycles. The van der Waals surface area contributed by atoms with Crippen LogP contribution in [0.2, 0.25) is 5.02 Å². The maximum atomic E-state index is 12.1. The number of esters is 1. The van der Waals surface area contributed by atoms with Gasteiger partial charge in [0, 0.05) is 28.8 Å². The molecule has 1 aromatic heterocycles. The van der Waals surface area contributed by atoms with Crippen LogP contribution in [-0.2, 0) is 28.0 Å². The molecule has 7 nitrogen and oxygen atoms in total. The lowest BCUT2D eigenvalue weighted by Gasteiger charge is -2.12. The predicted molar refractivity (Wildman–Crippen MR) is 115 cm³/mol. The second-order valence-corrected chi connectivity index (χ2v) is 6.91. The zero-order chi connectivity index (χ0) is 21.7. The van der Waals surface area contributed by atoms with E-state index in [-0.39, 0.29) is 12.3 Å². The van der Waals surface area contributed by atoms with Crippen molar-refractivity contribution >= 4 is 23.3 Å². The normalized spacial score (nSPS) is 11.3. The van der Waals surface area contributed by atoms with Crippen LogP contribution >= 0.6 is 11.6 Å². The summed E-state index contributed by atoms with van der Waals surface area (Å²) in [7, 11) is 4.49. The van der Waals surface area contributed by atoms with Crippen LogP contribution in [0.5, 0.6) is 5.88 Å². The molecule has 156 valence electrons. The van der Waals surface area contributed by atoms with Gasteiger partial charge < -0.3 is 14.3 Å². The monoisotopic (exact) mass is 427 g/mol. The molecule has 0 amide bonds. The summed E-state index contributed by atoms with van der Waals surface area (Å²) >= 11 is 5.99. The number of aryl methyl sites for hydroxylation is 1. The van der Waals surface area contributed by atoms with Gasteiger partial charge in [0.1, 0.15) is 13.7 Å². The van der Waals surface area contributed by atoms with Crippen LogP contribution in [0.3, 0.4) is 0 Å². The first kappa shape index (κ1) is 21.4. The molecular weight excluding hydrogens is 406 g/mol. The molecule has 0 radical (unpaired) electrons. The molecule has 0 fully saturated rings. The lowest BCUT2D eigenvalue weighted by Crippen LogP contribution is -2.20. The molecular formula is C22H22ClN3O4. The number of oxime groups is 1. The fraction of sp³-hybridized carbons (Fsp3) is 0.227. The first-order valence-corrected chi connectivity index (χ1v) is 9.54. The molecule has 0 atom stereocenters. The molecule has 3 rings (SSSR count). The van der Waals surface area contributed by atoms with E-state index in [2.05, 4.69) is 10.3 Å². The third-order valence-corrected chi connectivity index (χ3v) is 4.79. The number of ether oxygens (including phenoxy) is 2. The van der Waals surface area contributed by atoms with E-state index in [1.807, 2.05) is 50.4 Å². The molecule has 0 aliphatic heterocycles. The first-order valence-electron chi connectivity index (χ1n) is 9.16. The van der Waals surface area contributed by atoms with Gasteiger partial charge in [0.25, 0.3) is 0 Å². The number of nitrogens with zero attached hydrogens (tertiary/aromatic N) is 3. The van der Waals surface area contributed by atoms with Crippen molar-refractivity contribution in [1.29, 1.82) is 0 Å². The highest BCUT2D eigenvalue weighted by atomic mass is 35.5. The second-order valence-electron chi connectivity index (χ2n) is 6.47. The number of halogens is 1. The van der Waals surface area contributed by atoms with E-state index in [0.717, 1.165) is 22.4 Å². The van der Waals surface area contributed by atoms with Crippen molar-refractivity contribution in [3.63, 3.8) is 0 Å². The van der Waals surface area contributed by atoms with Gasteiger partial charge in [-0.15, -0.1) is 0 Å². The van der Waals surface area contributed by atoms with Gasteiger partial charge in [0.2, 0.25) is 5.88 Å². The Labute approximate surface area is 179 Å². The molecule has 0 saturated heterocycles. The van der Waals surface area contributed by atoms with E-state index >= 15 is 0 Å². The average molecular weight is 428 g/mol. The Morgan fingerprint density at radius 3 is 2.50 bits per heavy atom. The van der Waals surface area contributed by atoms with Gasteiger partial charge in [0.05, 0.1) is 12.8 Å². The summed E-state index contributed by atoms with van der Waals surface area (Å²) in [4.78, 5) is 16.9. The summed E-state index contributed by atoms with van der Waals surface area (Å²) in [5, 5.41) is 9.07. The summed E-state index contributed by atoms with van der Waals surface area (Å²) in [6.45, 7) is 2.15. The molecule has 0 bridgehead atoms. The Kier molecular flexibility index (Phi) is 6.74.